The van der Waals surface area contributed by atoms with Gasteiger partial charge >= 0.3 is 13.1 Å². The van der Waals surface area contributed by atoms with Gasteiger partial charge in [-0.05, 0) is 65.1 Å². The van der Waals surface area contributed by atoms with Crippen LogP contribution in [0.5, 0.6) is 0 Å². The van der Waals surface area contributed by atoms with E-state index in [0.717, 1.165) is 11.0 Å². The lowest BCUT2D eigenvalue weighted by Crippen LogP contribution is -2.41. The molecule has 1 aromatic heterocycles. The van der Waals surface area contributed by atoms with Gasteiger partial charge in [0, 0.05) is 5.56 Å². The summed E-state index contributed by atoms with van der Waals surface area (Å²) in [4.78, 5) is 12.2. The minimum Gasteiger partial charge on any atom is -0.465 e. The lowest BCUT2D eigenvalue weighted by molar-refractivity contribution is -0.146. The van der Waals surface area contributed by atoms with Crippen LogP contribution in [0.3, 0.4) is 0 Å². The quantitative estimate of drug-likeness (QED) is 0.579. The summed E-state index contributed by atoms with van der Waals surface area (Å²) in [5, 5.41) is 8.22. The van der Waals surface area contributed by atoms with E-state index in [-0.39, 0.29) is 17.2 Å². The van der Waals surface area contributed by atoms with Crippen LogP contribution in [-0.4, -0.2) is 41.1 Å². The molecule has 8 heteroatoms. The van der Waals surface area contributed by atoms with E-state index in [0.29, 0.717) is 31.2 Å². The molecule has 2 fully saturated rings. The predicted octanol–water partition coefficient (Wildman–Crippen LogP) is 2.63. The van der Waals surface area contributed by atoms with Gasteiger partial charge in [0.1, 0.15) is 5.41 Å². The second-order valence-electron chi connectivity index (χ2n) is 8.43. The summed E-state index contributed by atoms with van der Waals surface area (Å²) in [6, 6.07) is 7.64. The average Bonchev–Trinajstić information content (AvgIpc) is 3.24. The van der Waals surface area contributed by atoms with Crippen molar-refractivity contribution in [3.05, 3.63) is 30.2 Å². The fourth-order valence-electron chi connectivity index (χ4n) is 3.19. The maximum Gasteiger partial charge on any atom is 0.494 e. The Balaban J connectivity index is 1.52. The van der Waals surface area contributed by atoms with Crippen molar-refractivity contribution in [3.63, 3.8) is 0 Å². The van der Waals surface area contributed by atoms with E-state index in [2.05, 4.69) is 10.2 Å². The molecule has 28 heavy (non-hydrogen) atoms. The first-order valence-electron chi connectivity index (χ1n) is 9.66. The molecule has 0 amide bonds. The lowest BCUT2D eigenvalue weighted by Gasteiger charge is -2.32. The third-order valence-electron chi connectivity index (χ3n) is 5.93. The second-order valence-corrected chi connectivity index (χ2v) is 8.43. The van der Waals surface area contributed by atoms with E-state index in [9.17, 15) is 4.79 Å². The van der Waals surface area contributed by atoms with Gasteiger partial charge in [-0.1, -0.05) is 12.1 Å². The monoisotopic (exact) mass is 384 g/mol. The molecule has 0 atom stereocenters. The molecular weight excluding hydrogens is 359 g/mol. The van der Waals surface area contributed by atoms with Crippen LogP contribution in [0, 0.1) is 0 Å². The number of carbonyl (C=O) groups is 1. The van der Waals surface area contributed by atoms with Gasteiger partial charge in [-0.25, -0.2) is 0 Å². The van der Waals surface area contributed by atoms with Crippen molar-refractivity contribution in [2.24, 2.45) is 0 Å². The Morgan fingerprint density at radius 3 is 2.21 bits per heavy atom. The molecule has 1 aliphatic carbocycles. The van der Waals surface area contributed by atoms with Gasteiger partial charge in [-0.3, -0.25) is 4.79 Å². The first-order valence-corrected chi connectivity index (χ1v) is 9.66. The lowest BCUT2D eigenvalue weighted by atomic mass is 9.79. The molecule has 1 saturated heterocycles. The summed E-state index contributed by atoms with van der Waals surface area (Å²) in [6.07, 6.45) is 1.35. The summed E-state index contributed by atoms with van der Waals surface area (Å²) in [5.74, 6) is 0.420. The van der Waals surface area contributed by atoms with Crippen LogP contribution in [0.25, 0.3) is 11.5 Å². The number of hydrogen-bond acceptors (Lipinski definition) is 7. The van der Waals surface area contributed by atoms with Crippen LogP contribution >= 0.6 is 0 Å². The molecule has 2 aromatic rings. The Kier molecular flexibility index (Phi) is 4.39. The van der Waals surface area contributed by atoms with Gasteiger partial charge in [-0.15, -0.1) is 10.2 Å². The van der Waals surface area contributed by atoms with Crippen LogP contribution in [0.4, 0.5) is 0 Å². The number of benzene rings is 1. The number of aromatic nitrogens is 2. The highest BCUT2D eigenvalue weighted by molar-refractivity contribution is 6.62. The first-order chi connectivity index (χ1) is 13.2. The first kappa shape index (κ1) is 19.1. The predicted molar refractivity (Wildman–Crippen MR) is 103 cm³/mol. The van der Waals surface area contributed by atoms with Gasteiger partial charge in [0.15, 0.2) is 0 Å². The van der Waals surface area contributed by atoms with Crippen molar-refractivity contribution in [1.82, 2.24) is 10.2 Å². The Labute approximate surface area is 164 Å². The minimum atomic E-state index is -0.760. The summed E-state index contributed by atoms with van der Waals surface area (Å²) in [7, 11) is -0.421. The van der Waals surface area contributed by atoms with E-state index >= 15 is 0 Å². The SMILES string of the molecule is CCOC(=O)C1(c2nnc(-c3ccc(B4OC(C)(C)C(C)(C)O4)cc3)o2)CC1. The Hall–Kier alpha value is -2.19. The molecule has 148 valence electrons. The molecule has 0 unspecified atom stereocenters. The summed E-state index contributed by atoms with van der Waals surface area (Å²) < 4.78 is 23.1. The molecule has 0 radical (unpaired) electrons. The average molecular weight is 384 g/mol. The van der Waals surface area contributed by atoms with Gasteiger partial charge in [0.25, 0.3) is 0 Å². The van der Waals surface area contributed by atoms with E-state index in [1.807, 2.05) is 52.0 Å². The molecule has 1 aliphatic heterocycles. The van der Waals surface area contributed by atoms with Crippen molar-refractivity contribution in [3.8, 4) is 11.5 Å². The molecular formula is C20H25BN2O5. The molecule has 2 heterocycles. The Morgan fingerprint density at radius 1 is 1.07 bits per heavy atom. The summed E-state index contributed by atoms with van der Waals surface area (Å²) >= 11 is 0. The molecule has 1 saturated carbocycles. The standard InChI is InChI=1S/C20H25BN2O5/c1-6-25-17(24)20(11-12-20)16-23-22-15(26-16)13-7-9-14(10-8-13)21-27-18(2,3)19(4,5)28-21/h7-10H,6,11-12H2,1-5H3. The Morgan fingerprint density at radius 2 is 1.68 bits per heavy atom. The van der Waals surface area contributed by atoms with Crippen LogP contribution in [0.1, 0.15) is 53.4 Å². The van der Waals surface area contributed by atoms with Gasteiger partial charge < -0.3 is 18.5 Å². The van der Waals surface area contributed by atoms with Crippen molar-refractivity contribution < 1.29 is 23.3 Å². The fourth-order valence-corrected chi connectivity index (χ4v) is 3.19. The minimum absolute atomic E-state index is 0.290. The third kappa shape index (κ3) is 3.04. The van der Waals surface area contributed by atoms with Crippen LogP contribution in [-0.2, 0) is 24.3 Å². The second kappa shape index (κ2) is 6.42. The van der Waals surface area contributed by atoms with Crippen molar-refractivity contribution in [2.45, 2.75) is 64.1 Å². The van der Waals surface area contributed by atoms with Crippen LogP contribution < -0.4 is 5.46 Å². The van der Waals surface area contributed by atoms with Crippen molar-refractivity contribution in [2.75, 3.05) is 6.61 Å². The maximum absolute atomic E-state index is 12.2. The number of carbonyl (C=O) groups excluding carboxylic acids is 1. The zero-order chi connectivity index (χ0) is 20.2. The molecule has 1 aromatic carbocycles. The van der Waals surface area contributed by atoms with E-state index in [4.69, 9.17) is 18.5 Å². The van der Waals surface area contributed by atoms with E-state index in [1.165, 1.54) is 0 Å². The highest BCUT2D eigenvalue weighted by Gasteiger charge is 2.57. The highest BCUT2D eigenvalue weighted by Crippen LogP contribution is 2.49. The van der Waals surface area contributed by atoms with Gasteiger partial charge in [-0.2, -0.15) is 0 Å². The number of ether oxygens (including phenoxy) is 1. The topological polar surface area (TPSA) is 83.7 Å². The maximum atomic E-state index is 12.2. The van der Waals surface area contributed by atoms with E-state index < -0.39 is 12.5 Å². The Bertz CT molecular complexity index is 870. The highest BCUT2D eigenvalue weighted by atomic mass is 16.7. The summed E-state index contributed by atoms with van der Waals surface area (Å²) in [6.45, 7) is 10.2. The summed E-state index contributed by atoms with van der Waals surface area (Å²) in [5.41, 5.74) is 0.169. The molecule has 0 bridgehead atoms. The third-order valence-corrected chi connectivity index (χ3v) is 5.93. The zero-order valence-electron chi connectivity index (χ0n) is 16.9. The van der Waals surface area contributed by atoms with Crippen molar-refractivity contribution in [1.29, 1.82) is 0 Å². The van der Waals surface area contributed by atoms with Crippen LogP contribution in [0.2, 0.25) is 0 Å². The number of rotatable bonds is 5. The van der Waals surface area contributed by atoms with Gasteiger partial charge in [0.05, 0.1) is 17.8 Å². The molecule has 0 spiro atoms. The largest absolute Gasteiger partial charge is 0.494 e. The van der Waals surface area contributed by atoms with Crippen molar-refractivity contribution >= 4 is 18.6 Å². The molecule has 2 aliphatic rings. The van der Waals surface area contributed by atoms with Gasteiger partial charge in [0.2, 0.25) is 11.8 Å². The normalized spacial score (nSPS) is 21.5. The van der Waals surface area contributed by atoms with E-state index in [1.54, 1.807) is 6.92 Å². The van der Waals surface area contributed by atoms with Crippen LogP contribution in [0.15, 0.2) is 28.7 Å². The molecule has 4 rings (SSSR count). The number of nitrogens with zero attached hydrogens (tertiary/aromatic N) is 2. The smallest absolute Gasteiger partial charge is 0.465 e. The molecule has 0 N–H and O–H groups in total. The zero-order valence-corrected chi connectivity index (χ0v) is 16.9. The fraction of sp³-hybridized carbons (Fsp3) is 0.550. The molecule has 7 nitrogen and oxygen atoms in total. The number of hydrogen-bond donors (Lipinski definition) is 0. The number of esters is 1.